The molecule has 96 valence electrons. The summed E-state index contributed by atoms with van der Waals surface area (Å²) in [4.78, 5) is 8.40. The molecule has 0 fully saturated rings. The van der Waals surface area contributed by atoms with Crippen LogP contribution in [0.15, 0.2) is 12.3 Å². The number of hydrogen-bond acceptors (Lipinski definition) is 4. The van der Waals surface area contributed by atoms with Crippen molar-refractivity contribution < 1.29 is 4.74 Å². The van der Waals surface area contributed by atoms with E-state index in [0.29, 0.717) is 35.0 Å². The number of aryl methyl sites for hydroxylation is 1. The van der Waals surface area contributed by atoms with E-state index in [2.05, 4.69) is 15.1 Å². The Bertz CT molecular complexity index is 536. The SMILES string of the molecule is CCOCc1nc(Cl)cc(-n2cc(Cl)c(C)n2)n1. The van der Waals surface area contributed by atoms with Gasteiger partial charge in [-0.15, -0.1) is 0 Å². The first kappa shape index (κ1) is 13.3. The van der Waals surface area contributed by atoms with Crippen LogP contribution in [-0.2, 0) is 11.3 Å². The minimum atomic E-state index is 0.318. The molecular weight excluding hydrogens is 275 g/mol. The van der Waals surface area contributed by atoms with Crippen LogP contribution in [0.4, 0.5) is 0 Å². The van der Waals surface area contributed by atoms with Gasteiger partial charge in [0, 0.05) is 12.7 Å². The van der Waals surface area contributed by atoms with Crippen LogP contribution in [0.5, 0.6) is 0 Å². The molecule has 7 heteroatoms. The average molecular weight is 287 g/mol. The normalized spacial score (nSPS) is 10.9. The minimum absolute atomic E-state index is 0.318. The zero-order valence-electron chi connectivity index (χ0n) is 10.0. The van der Waals surface area contributed by atoms with Crippen molar-refractivity contribution >= 4 is 23.2 Å². The highest BCUT2D eigenvalue weighted by atomic mass is 35.5. The van der Waals surface area contributed by atoms with E-state index in [9.17, 15) is 0 Å². The van der Waals surface area contributed by atoms with Crippen molar-refractivity contribution in [2.75, 3.05) is 6.61 Å². The highest BCUT2D eigenvalue weighted by Crippen LogP contribution is 2.17. The van der Waals surface area contributed by atoms with Crippen LogP contribution < -0.4 is 0 Å². The zero-order chi connectivity index (χ0) is 13.1. The Morgan fingerprint density at radius 1 is 1.33 bits per heavy atom. The molecule has 0 amide bonds. The first-order valence-corrected chi connectivity index (χ1v) is 6.19. The molecule has 0 saturated heterocycles. The number of rotatable bonds is 4. The van der Waals surface area contributed by atoms with Crippen molar-refractivity contribution in [2.45, 2.75) is 20.5 Å². The van der Waals surface area contributed by atoms with E-state index in [1.54, 1.807) is 16.9 Å². The van der Waals surface area contributed by atoms with Crippen molar-refractivity contribution in [1.82, 2.24) is 19.7 Å². The van der Waals surface area contributed by atoms with E-state index >= 15 is 0 Å². The molecule has 0 spiro atoms. The third kappa shape index (κ3) is 2.98. The van der Waals surface area contributed by atoms with Crippen LogP contribution >= 0.6 is 23.2 Å². The molecule has 0 aliphatic heterocycles. The maximum absolute atomic E-state index is 5.96. The molecular formula is C11H12Cl2N4O. The summed E-state index contributed by atoms with van der Waals surface area (Å²) in [5.41, 5.74) is 0.734. The van der Waals surface area contributed by atoms with Gasteiger partial charge in [0.1, 0.15) is 11.8 Å². The highest BCUT2D eigenvalue weighted by Gasteiger charge is 2.08. The van der Waals surface area contributed by atoms with Crippen LogP contribution in [0.3, 0.4) is 0 Å². The number of halogens is 2. The number of ether oxygens (including phenoxy) is 1. The van der Waals surface area contributed by atoms with Gasteiger partial charge in [-0.1, -0.05) is 23.2 Å². The van der Waals surface area contributed by atoms with Crippen molar-refractivity contribution in [3.8, 4) is 5.82 Å². The zero-order valence-corrected chi connectivity index (χ0v) is 11.5. The van der Waals surface area contributed by atoms with Crippen molar-refractivity contribution in [2.24, 2.45) is 0 Å². The van der Waals surface area contributed by atoms with Crippen molar-refractivity contribution in [3.05, 3.63) is 34.0 Å². The number of aromatic nitrogens is 4. The van der Waals surface area contributed by atoms with Crippen LogP contribution in [0.2, 0.25) is 10.2 Å². The van der Waals surface area contributed by atoms with Crippen LogP contribution in [0, 0.1) is 6.92 Å². The fraction of sp³-hybridized carbons (Fsp3) is 0.364. The van der Waals surface area contributed by atoms with Crippen molar-refractivity contribution in [3.63, 3.8) is 0 Å². The van der Waals surface area contributed by atoms with Gasteiger partial charge in [0.2, 0.25) is 0 Å². The summed E-state index contributed by atoms with van der Waals surface area (Å²) in [6.45, 7) is 4.64. The van der Waals surface area contributed by atoms with E-state index in [1.165, 1.54) is 0 Å². The topological polar surface area (TPSA) is 52.8 Å². The molecule has 5 nitrogen and oxygen atoms in total. The Kier molecular flexibility index (Phi) is 4.16. The molecule has 2 heterocycles. The molecule has 0 bridgehead atoms. The number of nitrogens with zero attached hydrogens (tertiary/aromatic N) is 4. The molecule has 0 atom stereocenters. The summed E-state index contributed by atoms with van der Waals surface area (Å²) in [5, 5.41) is 5.16. The van der Waals surface area contributed by atoms with Crippen LogP contribution in [-0.4, -0.2) is 26.4 Å². The second-order valence-electron chi connectivity index (χ2n) is 3.61. The van der Waals surface area contributed by atoms with Gasteiger partial charge in [-0.05, 0) is 13.8 Å². The Hall–Kier alpha value is -1.17. The predicted molar refractivity (Wildman–Crippen MR) is 69.2 cm³/mol. The largest absolute Gasteiger partial charge is 0.374 e. The quantitative estimate of drug-likeness (QED) is 0.811. The first-order valence-electron chi connectivity index (χ1n) is 5.43. The summed E-state index contributed by atoms with van der Waals surface area (Å²) in [7, 11) is 0. The molecule has 0 unspecified atom stereocenters. The van der Waals surface area contributed by atoms with E-state index in [-0.39, 0.29) is 0 Å². The molecule has 2 aromatic rings. The molecule has 0 aromatic carbocycles. The van der Waals surface area contributed by atoms with Crippen LogP contribution in [0.25, 0.3) is 5.82 Å². The summed E-state index contributed by atoms with van der Waals surface area (Å²) in [6.07, 6.45) is 1.68. The van der Waals surface area contributed by atoms with Crippen molar-refractivity contribution in [1.29, 1.82) is 0 Å². The monoisotopic (exact) mass is 286 g/mol. The van der Waals surface area contributed by atoms with Gasteiger partial charge in [-0.25, -0.2) is 14.6 Å². The standard InChI is InChI=1S/C11H12Cl2N4O/c1-3-18-6-10-14-9(13)4-11(15-10)17-5-8(12)7(2)16-17/h4-5H,3,6H2,1-2H3. The molecule has 2 rings (SSSR count). The van der Waals surface area contributed by atoms with Gasteiger partial charge in [0.15, 0.2) is 11.6 Å². The Labute approximate surface area is 115 Å². The summed E-state index contributed by atoms with van der Waals surface area (Å²) in [6, 6.07) is 1.62. The second kappa shape index (κ2) is 5.65. The number of hydrogen-bond donors (Lipinski definition) is 0. The lowest BCUT2D eigenvalue weighted by Crippen LogP contribution is -2.05. The molecule has 0 radical (unpaired) electrons. The predicted octanol–water partition coefficient (Wildman–Crippen LogP) is 2.81. The smallest absolute Gasteiger partial charge is 0.158 e. The first-order chi connectivity index (χ1) is 8.60. The summed E-state index contributed by atoms with van der Waals surface area (Å²) >= 11 is 11.9. The average Bonchev–Trinajstić information content (AvgIpc) is 2.66. The third-order valence-corrected chi connectivity index (χ3v) is 2.80. The van der Waals surface area contributed by atoms with Gasteiger partial charge in [0.25, 0.3) is 0 Å². The lowest BCUT2D eigenvalue weighted by Gasteiger charge is -2.05. The Morgan fingerprint density at radius 2 is 2.11 bits per heavy atom. The van der Waals surface area contributed by atoms with E-state index in [1.807, 2.05) is 13.8 Å². The van der Waals surface area contributed by atoms with Gasteiger partial charge in [-0.2, -0.15) is 5.10 Å². The van der Waals surface area contributed by atoms with Crippen LogP contribution in [0.1, 0.15) is 18.4 Å². The van der Waals surface area contributed by atoms with E-state index in [4.69, 9.17) is 27.9 Å². The fourth-order valence-corrected chi connectivity index (χ4v) is 1.71. The van der Waals surface area contributed by atoms with Gasteiger partial charge in [-0.3, -0.25) is 0 Å². The Morgan fingerprint density at radius 3 is 2.72 bits per heavy atom. The fourth-order valence-electron chi connectivity index (χ4n) is 1.38. The molecule has 2 aromatic heterocycles. The summed E-state index contributed by atoms with van der Waals surface area (Å²) < 4.78 is 6.83. The van der Waals surface area contributed by atoms with Gasteiger partial charge < -0.3 is 4.74 Å². The molecule has 0 N–H and O–H groups in total. The molecule has 18 heavy (non-hydrogen) atoms. The lowest BCUT2D eigenvalue weighted by atomic mass is 10.5. The molecule has 0 aliphatic carbocycles. The summed E-state index contributed by atoms with van der Waals surface area (Å²) in [5.74, 6) is 1.09. The highest BCUT2D eigenvalue weighted by molar-refractivity contribution is 6.31. The maximum atomic E-state index is 5.96. The molecule has 0 aliphatic rings. The molecule has 0 saturated carbocycles. The van der Waals surface area contributed by atoms with E-state index < -0.39 is 0 Å². The minimum Gasteiger partial charge on any atom is -0.374 e. The lowest BCUT2D eigenvalue weighted by molar-refractivity contribution is 0.128. The van der Waals surface area contributed by atoms with Gasteiger partial charge in [0.05, 0.1) is 16.9 Å². The maximum Gasteiger partial charge on any atom is 0.158 e. The van der Waals surface area contributed by atoms with E-state index in [0.717, 1.165) is 5.69 Å². The second-order valence-corrected chi connectivity index (χ2v) is 4.40. The third-order valence-electron chi connectivity index (χ3n) is 2.24. The van der Waals surface area contributed by atoms with Gasteiger partial charge >= 0.3 is 0 Å². The Balaban J connectivity index is 2.35.